The highest BCUT2D eigenvalue weighted by Crippen LogP contribution is 2.35. The van der Waals surface area contributed by atoms with Crippen LogP contribution in [0.15, 0.2) is 24.3 Å². The molecule has 1 aliphatic rings. The molecule has 0 aromatic heterocycles. The minimum absolute atomic E-state index is 0.0993. The standard InChI is InChI=1S/C18H19N3O4/c1-3-20(4-2)10-9-11-5-6-12-14(21(24)25)8-7-13-16(12)15(11)18(23)19-17(13)22/h5-8H,3-4,9-10H2,1-2H3,(H,19,22,23). The van der Waals surface area contributed by atoms with E-state index < -0.39 is 16.7 Å². The van der Waals surface area contributed by atoms with Crippen molar-refractivity contribution in [1.82, 2.24) is 10.2 Å². The van der Waals surface area contributed by atoms with E-state index in [0.717, 1.165) is 25.2 Å². The van der Waals surface area contributed by atoms with Crippen LogP contribution in [0.5, 0.6) is 0 Å². The predicted molar refractivity (Wildman–Crippen MR) is 93.9 cm³/mol. The fraction of sp³-hybridized carbons (Fsp3) is 0.333. The third-order valence-electron chi connectivity index (χ3n) is 4.73. The first kappa shape index (κ1) is 17.0. The maximum atomic E-state index is 12.5. The molecule has 2 amide bonds. The molecule has 7 nitrogen and oxygen atoms in total. The van der Waals surface area contributed by atoms with E-state index >= 15 is 0 Å². The molecule has 130 valence electrons. The average Bonchev–Trinajstić information content (AvgIpc) is 2.59. The number of amides is 2. The molecule has 0 saturated carbocycles. The van der Waals surface area contributed by atoms with Gasteiger partial charge in [-0.15, -0.1) is 0 Å². The maximum absolute atomic E-state index is 12.5. The number of rotatable bonds is 6. The molecule has 0 unspecified atom stereocenters. The van der Waals surface area contributed by atoms with Crippen molar-refractivity contribution < 1.29 is 14.5 Å². The molecule has 1 aliphatic heterocycles. The van der Waals surface area contributed by atoms with Crippen LogP contribution in [-0.4, -0.2) is 41.3 Å². The van der Waals surface area contributed by atoms with Crippen molar-refractivity contribution in [3.8, 4) is 0 Å². The summed E-state index contributed by atoms with van der Waals surface area (Å²) in [5, 5.41) is 14.4. The second kappa shape index (κ2) is 6.60. The van der Waals surface area contributed by atoms with Gasteiger partial charge in [0.25, 0.3) is 17.5 Å². The van der Waals surface area contributed by atoms with Crippen LogP contribution in [0.3, 0.4) is 0 Å². The molecule has 3 rings (SSSR count). The third kappa shape index (κ3) is 2.87. The van der Waals surface area contributed by atoms with Gasteiger partial charge in [-0.2, -0.15) is 0 Å². The minimum atomic E-state index is -0.515. The van der Waals surface area contributed by atoms with Crippen molar-refractivity contribution in [2.75, 3.05) is 19.6 Å². The molecule has 25 heavy (non-hydrogen) atoms. The summed E-state index contributed by atoms with van der Waals surface area (Å²) in [4.78, 5) is 37.6. The third-order valence-corrected chi connectivity index (χ3v) is 4.73. The first-order valence-electron chi connectivity index (χ1n) is 8.28. The molecule has 1 heterocycles. The normalized spacial score (nSPS) is 13.4. The van der Waals surface area contributed by atoms with Crippen LogP contribution < -0.4 is 5.32 Å². The number of nitro groups is 1. The smallest absolute Gasteiger partial charge is 0.277 e. The van der Waals surface area contributed by atoms with Crippen molar-refractivity contribution in [1.29, 1.82) is 0 Å². The lowest BCUT2D eigenvalue weighted by Crippen LogP contribution is -2.36. The highest BCUT2D eigenvalue weighted by molar-refractivity contribution is 6.27. The van der Waals surface area contributed by atoms with Gasteiger partial charge in [-0.25, -0.2) is 0 Å². The summed E-state index contributed by atoms with van der Waals surface area (Å²) in [5.74, 6) is -1.00. The summed E-state index contributed by atoms with van der Waals surface area (Å²) in [5.41, 5.74) is 1.38. The number of carbonyl (C=O) groups excluding carboxylic acids is 2. The van der Waals surface area contributed by atoms with Crippen molar-refractivity contribution in [2.24, 2.45) is 0 Å². The van der Waals surface area contributed by atoms with Gasteiger partial charge in [0.1, 0.15) is 0 Å². The van der Waals surface area contributed by atoms with Crippen molar-refractivity contribution in [3.63, 3.8) is 0 Å². The van der Waals surface area contributed by atoms with Gasteiger partial charge < -0.3 is 4.90 Å². The van der Waals surface area contributed by atoms with Crippen molar-refractivity contribution in [3.05, 3.63) is 51.1 Å². The van der Waals surface area contributed by atoms with E-state index in [1.807, 2.05) is 0 Å². The molecular formula is C18H19N3O4. The predicted octanol–water partition coefficient (Wildman–Crippen LogP) is 2.52. The van der Waals surface area contributed by atoms with Gasteiger partial charge in [-0.1, -0.05) is 19.9 Å². The number of hydrogen-bond donors (Lipinski definition) is 1. The lowest BCUT2D eigenvalue weighted by Gasteiger charge is -2.22. The molecule has 0 bridgehead atoms. The van der Waals surface area contributed by atoms with E-state index in [-0.39, 0.29) is 5.69 Å². The number of nitrogens with one attached hydrogen (secondary N) is 1. The number of nitrogens with zero attached hydrogens (tertiary/aromatic N) is 2. The van der Waals surface area contributed by atoms with E-state index in [2.05, 4.69) is 24.1 Å². The van der Waals surface area contributed by atoms with E-state index in [1.54, 1.807) is 12.1 Å². The molecule has 0 atom stereocenters. The maximum Gasteiger partial charge on any atom is 0.277 e. The molecule has 7 heteroatoms. The zero-order chi connectivity index (χ0) is 18.1. The zero-order valence-electron chi connectivity index (χ0n) is 14.2. The van der Waals surface area contributed by atoms with Crippen LogP contribution in [0, 0.1) is 10.1 Å². The highest BCUT2D eigenvalue weighted by Gasteiger charge is 2.30. The fourth-order valence-electron chi connectivity index (χ4n) is 3.34. The van der Waals surface area contributed by atoms with Gasteiger partial charge in [0, 0.05) is 23.6 Å². The molecule has 0 spiro atoms. The molecule has 0 saturated heterocycles. The fourth-order valence-corrected chi connectivity index (χ4v) is 3.34. The number of hydrogen-bond acceptors (Lipinski definition) is 5. The van der Waals surface area contributed by atoms with Crippen molar-refractivity contribution >= 4 is 28.3 Å². The average molecular weight is 341 g/mol. The minimum Gasteiger partial charge on any atom is -0.304 e. The van der Waals surface area contributed by atoms with Crippen LogP contribution in [0.25, 0.3) is 10.8 Å². The van der Waals surface area contributed by atoms with Gasteiger partial charge in [0.05, 0.1) is 15.9 Å². The topological polar surface area (TPSA) is 92.5 Å². The summed E-state index contributed by atoms with van der Waals surface area (Å²) in [7, 11) is 0. The number of nitro benzene ring substituents is 1. The number of carbonyl (C=O) groups is 2. The van der Waals surface area contributed by atoms with Crippen LogP contribution >= 0.6 is 0 Å². The van der Waals surface area contributed by atoms with Gasteiger partial charge in [-0.3, -0.25) is 25.0 Å². The van der Waals surface area contributed by atoms with Gasteiger partial charge >= 0.3 is 0 Å². The second-order valence-corrected chi connectivity index (χ2v) is 5.97. The van der Waals surface area contributed by atoms with Crippen LogP contribution in [-0.2, 0) is 6.42 Å². The number of benzene rings is 2. The molecule has 1 N–H and O–H groups in total. The second-order valence-electron chi connectivity index (χ2n) is 5.97. The first-order chi connectivity index (χ1) is 12.0. The van der Waals surface area contributed by atoms with Gasteiger partial charge in [0.15, 0.2) is 0 Å². The van der Waals surface area contributed by atoms with E-state index in [1.165, 1.54) is 12.1 Å². The lowest BCUT2D eigenvalue weighted by atomic mass is 9.89. The van der Waals surface area contributed by atoms with E-state index in [0.29, 0.717) is 28.3 Å². The quantitative estimate of drug-likeness (QED) is 0.495. The van der Waals surface area contributed by atoms with E-state index in [9.17, 15) is 19.7 Å². The summed E-state index contributed by atoms with van der Waals surface area (Å²) in [6.45, 7) is 6.72. The SMILES string of the molecule is CCN(CC)CCc1ccc2c([N+](=O)[O-])ccc3c2c1C(=O)NC3=O. The Hall–Kier alpha value is -2.80. The Balaban J connectivity index is 2.19. The van der Waals surface area contributed by atoms with Crippen LogP contribution in [0.2, 0.25) is 0 Å². The Kier molecular flexibility index (Phi) is 4.50. The molecular weight excluding hydrogens is 322 g/mol. The summed E-state index contributed by atoms with van der Waals surface area (Å²) >= 11 is 0. The van der Waals surface area contributed by atoms with E-state index in [4.69, 9.17) is 0 Å². The van der Waals surface area contributed by atoms with Crippen LogP contribution in [0.1, 0.15) is 40.1 Å². The number of imide groups is 1. The Bertz CT molecular complexity index is 888. The number of non-ortho nitro benzene ring substituents is 1. The molecule has 0 radical (unpaired) electrons. The summed E-state index contributed by atoms with van der Waals surface area (Å²) < 4.78 is 0. The van der Waals surface area contributed by atoms with Gasteiger partial charge in [0.2, 0.25) is 0 Å². The van der Waals surface area contributed by atoms with Crippen LogP contribution in [0.4, 0.5) is 5.69 Å². The Labute approximate surface area is 144 Å². The lowest BCUT2D eigenvalue weighted by molar-refractivity contribution is -0.383. The monoisotopic (exact) mass is 341 g/mol. The number of likely N-dealkylation sites (N-methyl/N-ethyl adjacent to an activating group) is 1. The van der Waals surface area contributed by atoms with Crippen molar-refractivity contribution in [2.45, 2.75) is 20.3 Å². The Morgan fingerprint density at radius 3 is 2.44 bits per heavy atom. The largest absolute Gasteiger partial charge is 0.304 e. The highest BCUT2D eigenvalue weighted by atomic mass is 16.6. The Morgan fingerprint density at radius 1 is 1.08 bits per heavy atom. The zero-order valence-corrected chi connectivity index (χ0v) is 14.2. The Morgan fingerprint density at radius 2 is 1.80 bits per heavy atom. The first-order valence-corrected chi connectivity index (χ1v) is 8.28. The summed E-state index contributed by atoms with van der Waals surface area (Å²) in [6.07, 6.45) is 0.636. The molecule has 0 fully saturated rings. The molecule has 2 aromatic carbocycles. The van der Waals surface area contributed by atoms with Gasteiger partial charge in [-0.05, 0) is 37.2 Å². The molecule has 2 aromatic rings. The molecule has 0 aliphatic carbocycles. The summed E-state index contributed by atoms with van der Waals surface area (Å²) in [6, 6.07) is 6.13.